The van der Waals surface area contributed by atoms with Gasteiger partial charge in [0.2, 0.25) is 5.91 Å². The molecule has 1 aliphatic heterocycles. The van der Waals surface area contributed by atoms with Gasteiger partial charge in [0.1, 0.15) is 11.6 Å². The summed E-state index contributed by atoms with van der Waals surface area (Å²) in [5.74, 6) is 3.17. The maximum atomic E-state index is 12.0. The summed E-state index contributed by atoms with van der Waals surface area (Å²) in [7, 11) is 0. The Bertz CT molecular complexity index is 686. The van der Waals surface area contributed by atoms with Crippen molar-refractivity contribution in [1.29, 1.82) is 0 Å². The number of fused-ring (bicyclic) bond motifs is 1. The number of hydrogen-bond donors (Lipinski definition) is 1. The minimum absolute atomic E-state index is 0.168. The van der Waals surface area contributed by atoms with Crippen LogP contribution in [0.2, 0.25) is 0 Å². The quantitative estimate of drug-likeness (QED) is 0.827. The van der Waals surface area contributed by atoms with Crippen LogP contribution >= 0.6 is 11.8 Å². The molecule has 5 nitrogen and oxygen atoms in total. The monoisotopic (exact) mass is 358 g/mol. The summed E-state index contributed by atoms with van der Waals surface area (Å²) in [4.78, 5) is 12.0. The summed E-state index contributed by atoms with van der Waals surface area (Å²) < 4.78 is 2.26. The van der Waals surface area contributed by atoms with Crippen molar-refractivity contribution in [3.8, 4) is 0 Å². The number of rotatable bonds is 7. The number of hydrogen-bond acceptors (Lipinski definition) is 4. The van der Waals surface area contributed by atoms with Gasteiger partial charge < -0.3 is 9.88 Å². The Labute approximate surface area is 153 Å². The highest BCUT2D eigenvalue weighted by Crippen LogP contribution is 2.17. The van der Waals surface area contributed by atoms with Crippen molar-refractivity contribution < 1.29 is 4.79 Å². The summed E-state index contributed by atoms with van der Waals surface area (Å²) >= 11 is 1.71. The lowest BCUT2D eigenvalue weighted by atomic mass is 10.1. The summed E-state index contributed by atoms with van der Waals surface area (Å²) in [5, 5.41) is 12.0. The minimum Gasteiger partial charge on any atom is -0.353 e. The van der Waals surface area contributed by atoms with E-state index in [4.69, 9.17) is 0 Å². The van der Waals surface area contributed by atoms with E-state index in [-0.39, 0.29) is 11.9 Å². The Morgan fingerprint density at radius 1 is 1.24 bits per heavy atom. The summed E-state index contributed by atoms with van der Waals surface area (Å²) in [6, 6.07) is 10.7. The number of aromatic nitrogens is 3. The van der Waals surface area contributed by atoms with Crippen molar-refractivity contribution >= 4 is 17.7 Å². The van der Waals surface area contributed by atoms with Crippen LogP contribution in [0.1, 0.15) is 36.5 Å². The second kappa shape index (κ2) is 9.04. The average molecular weight is 359 g/mol. The highest BCUT2D eigenvalue weighted by Gasteiger charge is 2.21. The van der Waals surface area contributed by atoms with E-state index < -0.39 is 0 Å². The van der Waals surface area contributed by atoms with E-state index in [1.165, 1.54) is 5.56 Å². The van der Waals surface area contributed by atoms with Crippen LogP contribution in [0.25, 0.3) is 0 Å². The number of carbonyl (C=O) groups excluding carboxylic acids is 1. The molecular formula is C19H26N4OS. The van der Waals surface area contributed by atoms with Crippen LogP contribution in [0.4, 0.5) is 0 Å². The lowest BCUT2D eigenvalue weighted by Crippen LogP contribution is -2.35. The molecule has 1 aliphatic rings. The number of nitrogens with one attached hydrogen (secondary N) is 1. The number of nitrogens with zero attached hydrogens (tertiary/aromatic N) is 3. The molecule has 0 saturated carbocycles. The van der Waals surface area contributed by atoms with Gasteiger partial charge in [-0.15, -0.1) is 10.2 Å². The summed E-state index contributed by atoms with van der Waals surface area (Å²) in [6.07, 6.45) is 7.30. The number of aryl methyl sites for hydroxylation is 3. The van der Waals surface area contributed by atoms with Gasteiger partial charge in [-0.2, -0.15) is 11.8 Å². The van der Waals surface area contributed by atoms with Crippen molar-refractivity contribution in [1.82, 2.24) is 20.1 Å². The van der Waals surface area contributed by atoms with Gasteiger partial charge in [-0.25, -0.2) is 0 Å². The zero-order valence-electron chi connectivity index (χ0n) is 14.8. The summed E-state index contributed by atoms with van der Waals surface area (Å²) in [6.45, 7) is 0.889. The molecule has 1 aromatic heterocycles. The maximum absolute atomic E-state index is 12.0. The fraction of sp³-hybridized carbons (Fsp3) is 0.526. The topological polar surface area (TPSA) is 59.8 Å². The van der Waals surface area contributed by atoms with Crippen LogP contribution in [0.3, 0.4) is 0 Å². The van der Waals surface area contributed by atoms with Crippen molar-refractivity contribution in [2.75, 3.05) is 12.0 Å². The smallest absolute Gasteiger partial charge is 0.221 e. The fourth-order valence-electron chi connectivity index (χ4n) is 3.27. The standard InChI is InChI=1S/C19H26N4OS/c1-25-14-12-19(24)20-16-8-10-18-22-21-17(23(18)13-11-16)9-7-15-5-3-2-4-6-15/h2-6,16H,7-14H2,1H3,(H,20,24). The molecule has 3 rings (SSSR count). The van der Waals surface area contributed by atoms with Crippen LogP contribution in [-0.4, -0.2) is 38.7 Å². The minimum atomic E-state index is 0.168. The first kappa shape index (κ1) is 18.0. The third kappa shape index (κ3) is 5.08. The van der Waals surface area contributed by atoms with Gasteiger partial charge in [-0.05, 0) is 31.1 Å². The van der Waals surface area contributed by atoms with Crippen LogP contribution in [0.5, 0.6) is 0 Å². The molecule has 0 saturated heterocycles. The van der Waals surface area contributed by atoms with Gasteiger partial charge in [-0.1, -0.05) is 30.3 Å². The van der Waals surface area contributed by atoms with E-state index in [9.17, 15) is 4.79 Å². The highest BCUT2D eigenvalue weighted by molar-refractivity contribution is 7.98. The Morgan fingerprint density at radius 3 is 2.88 bits per heavy atom. The second-order valence-electron chi connectivity index (χ2n) is 6.50. The lowest BCUT2D eigenvalue weighted by molar-refractivity contribution is -0.121. The lowest BCUT2D eigenvalue weighted by Gasteiger charge is -2.16. The fourth-order valence-corrected chi connectivity index (χ4v) is 3.66. The number of carbonyl (C=O) groups is 1. The molecule has 0 bridgehead atoms. The normalized spacial score (nSPS) is 16.9. The van der Waals surface area contributed by atoms with Gasteiger partial charge in [0.15, 0.2) is 0 Å². The van der Waals surface area contributed by atoms with Crippen molar-refractivity contribution in [3.05, 3.63) is 47.5 Å². The van der Waals surface area contributed by atoms with Crippen molar-refractivity contribution in [2.24, 2.45) is 0 Å². The Hall–Kier alpha value is -1.82. The molecule has 1 unspecified atom stereocenters. The molecule has 0 fully saturated rings. The second-order valence-corrected chi connectivity index (χ2v) is 7.49. The first-order chi connectivity index (χ1) is 12.3. The molecule has 2 aromatic rings. The van der Waals surface area contributed by atoms with E-state index in [0.717, 1.165) is 56.1 Å². The van der Waals surface area contributed by atoms with E-state index in [0.29, 0.717) is 6.42 Å². The molecule has 134 valence electrons. The third-order valence-corrected chi connectivity index (χ3v) is 5.31. The first-order valence-electron chi connectivity index (χ1n) is 8.99. The Balaban J connectivity index is 1.55. The molecule has 1 amide bonds. The Morgan fingerprint density at radius 2 is 2.08 bits per heavy atom. The van der Waals surface area contributed by atoms with Gasteiger partial charge in [0.05, 0.1) is 0 Å². The number of thioether (sulfide) groups is 1. The van der Waals surface area contributed by atoms with E-state index in [1.807, 2.05) is 12.3 Å². The van der Waals surface area contributed by atoms with E-state index >= 15 is 0 Å². The molecule has 0 aliphatic carbocycles. The molecule has 1 aromatic carbocycles. The number of benzene rings is 1. The zero-order chi connectivity index (χ0) is 17.5. The van der Waals surface area contributed by atoms with E-state index in [1.54, 1.807) is 11.8 Å². The van der Waals surface area contributed by atoms with Crippen LogP contribution in [-0.2, 0) is 30.6 Å². The first-order valence-corrected chi connectivity index (χ1v) is 10.4. The molecular weight excluding hydrogens is 332 g/mol. The predicted octanol–water partition coefficient (Wildman–Crippen LogP) is 2.64. The van der Waals surface area contributed by atoms with Crippen molar-refractivity contribution in [2.45, 2.75) is 51.1 Å². The van der Waals surface area contributed by atoms with Crippen molar-refractivity contribution in [3.63, 3.8) is 0 Å². The van der Waals surface area contributed by atoms with Gasteiger partial charge in [0.25, 0.3) is 0 Å². The van der Waals surface area contributed by atoms with Gasteiger partial charge in [-0.3, -0.25) is 4.79 Å². The maximum Gasteiger partial charge on any atom is 0.221 e. The molecule has 0 radical (unpaired) electrons. The molecule has 6 heteroatoms. The van der Waals surface area contributed by atoms with Gasteiger partial charge in [0, 0.05) is 37.6 Å². The van der Waals surface area contributed by atoms with E-state index in [2.05, 4.69) is 44.3 Å². The highest BCUT2D eigenvalue weighted by atomic mass is 32.2. The average Bonchev–Trinajstić information content (AvgIpc) is 2.92. The Kier molecular flexibility index (Phi) is 6.50. The van der Waals surface area contributed by atoms with Crippen LogP contribution in [0, 0.1) is 0 Å². The molecule has 25 heavy (non-hydrogen) atoms. The molecule has 1 atom stereocenters. The third-order valence-electron chi connectivity index (χ3n) is 4.70. The SMILES string of the molecule is CSCCC(=O)NC1CCc2nnc(CCc3ccccc3)n2CC1. The predicted molar refractivity (Wildman–Crippen MR) is 102 cm³/mol. The number of amides is 1. The zero-order valence-corrected chi connectivity index (χ0v) is 15.6. The van der Waals surface area contributed by atoms with Crippen LogP contribution < -0.4 is 5.32 Å². The molecule has 1 N–H and O–H groups in total. The molecule has 2 heterocycles. The largest absolute Gasteiger partial charge is 0.353 e. The molecule has 0 spiro atoms. The van der Waals surface area contributed by atoms with Gasteiger partial charge >= 0.3 is 0 Å². The summed E-state index contributed by atoms with van der Waals surface area (Å²) in [5.41, 5.74) is 1.33. The van der Waals surface area contributed by atoms with Crippen LogP contribution in [0.15, 0.2) is 30.3 Å².